The molecule has 4 nitrogen and oxygen atoms in total. The van der Waals surface area contributed by atoms with E-state index >= 15 is 0 Å². The molecule has 3 aromatic carbocycles. The van der Waals surface area contributed by atoms with Crippen LogP contribution in [0.1, 0.15) is 18.2 Å². The van der Waals surface area contributed by atoms with Crippen molar-refractivity contribution in [2.24, 2.45) is 0 Å². The number of anilines is 1. The first kappa shape index (κ1) is 16.1. The molecule has 27 heavy (non-hydrogen) atoms. The third kappa shape index (κ3) is 2.69. The first-order valence-corrected chi connectivity index (χ1v) is 9.41. The summed E-state index contributed by atoms with van der Waals surface area (Å²) in [7, 11) is 0. The van der Waals surface area contributed by atoms with E-state index in [9.17, 15) is 4.79 Å². The molecule has 2 saturated heterocycles. The van der Waals surface area contributed by atoms with E-state index in [1.807, 2.05) is 46.3 Å². The van der Waals surface area contributed by atoms with Gasteiger partial charge in [-0.25, -0.2) is 4.79 Å². The molecule has 0 spiro atoms. The van der Waals surface area contributed by atoms with Crippen molar-refractivity contribution in [1.82, 2.24) is 10.0 Å². The van der Waals surface area contributed by atoms with Gasteiger partial charge in [0.1, 0.15) is 6.17 Å². The normalized spacial score (nSPS) is 19.6. The Morgan fingerprint density at radius 1 is 0.704 bits per heavy atom. The summed E-state index contributed by atoms with van der Waals surface area (Å²) in [5, 5.41) is 4.09. The van der Waals surface area contributed by atoms with E-state index in [-0.39, 0.29) is 12.2 Å². The largest absolute Gasteiger partial charge is 0.340 e. The van der Waals surface area contributed by atoms with Gasteiger partial charge in [0.2, 0.25) is 0 Å². The van der Waals surface area contributed by atoms with Crippen LogP contribution in [0.5, 0.6) is 0 Å². The Balaban J connectivity index is 1.53. The molecule has 0 bridgehead atoms. The zero-order valence-corrected chi connectivity index (χ0v) is 15.0. The SMILES string of the molecule is O=C1N(c2ccc(-c3ccccc3)cc2)[C@@H](c2ccccc2)N2CCCN12. The molecule has 0 aliphatic carbocycles. The molecule has 4 heteroatoms. The van der Waals surface area contributed by atoms with Gasteiger partial charge < -0.3 is 0 Å². The van der Waals surface area contributed by atoms with Crippen molar-refractivity contribution in [3.8, 4) is 11.1 Å². The fourth-order valence-electron chi connectivity index (χ4n) is 4.10. The highest BCUT2D eigenvalue weighted by molar-refractivity contribution is 5.95. The predicted octanol–water partition coefficient (Wildman–Crippen LogP) is 4.92. The van der Waals surface area contributed by atoms with Crippen molar-refractivity contribution in [3.05, 3.63) is 90.5 Å². The number of rotatable bonds is 3. The molecule has 5 rings (SSSR count). The molecule has 2 aliphatic heterocycles. The molecule has 1 atom stereocenters. The number of amides is 2. The fraction of sp³-hybridized carbons (Fsp3) is 0.174. The van der Waals surface area contributed by atoms with Crippen molar-refractivity contribution in [2.45, 2.75) is 12.6 Å². The number of benzene rings is 3. The number of hydrogen-bond acceptors (Lipinski definition) is 2. The lowest BCUT2D eigenvalue weighted by Gasteiger charge is -2.28. The van der Waals surface area contributed by atoms with Crippen LogP contribution in [0.2, 0.25) is 0 Å². The minimum Gasteiger partial charge on any atom is -0.271 e. The maximum absolute atomic E-state index is 13.1. The van der Waals surface area contributed by atoms with E-state index in [0.29, 0.717) is 0 Å². The fourth-order valence-corrected chi connectivity index (χ4v) is 4.10. The van der Waals surface area contributed by atoms with Crippen LogP contribution in [0, 0.1) is 0 Å². The van der Waals surface area contributed by atoms with Crippen molar-refractivity contribution < 1.29 is 4.79 Å². The molecule has 0 radical (unpaired) electrons. The molecule has 134 valence electrons. The molecular formula is C23H21N3O. The van der Waals surface area contributed by atoms with E-state index in [4.69, 9.17) is 0 Å². The number of hydrazine groups is 1. The highest BCUT2D eigenvalue weighted by atomic mass is 16.2. The van der Waals surface area contributed by atoms with Gasteiger partial charge in [0.05, 0.1) is 0 Å². The van der Waals surface area contributed by atoms with Crippen LogP contribution < -0.4 is 4.90 Å². The Morgan fingerprint density at radius 2 is 1.33 bits per heavy atom. The zero-order valence-electron chi connectivity index (χ0n) is 15.0. The number of carbonyl (C=O) groups excluding carboxylic acids is 1. The van der Waals surface area contributed by atoms with Crippen LogP contribution in [0.4, 0.5) is 10.5 Å². The highest BCUT2D eigenvalue weighted by Gasteiger charge is 2.47. The van der Waals surface area contributed by atoms with Crippen LogP contribution >= 0.6 is 0 Å². The summed E-state index contributed by atoms with van der Waals surface area (Å²) >= 11 is 0. The second-order valence-electron chi connectivity index (χ2n) is 6.99. The average Bonchev–Trinajstić information content (AvgIpc) is 3.32. The Hall–Kier alpha value is -3.11. The van der Waals surface area contributed by atoms with Crippen molar-refractivity contribution in [3.63, 3.8) is 0 Å². The van der Waals surface area contributed by atoms with Crippen molar-refractivity contribution >= 4 is 11.7 Å². The van der Waals surface area contributed by atoms with Gasteiger partial charge in [-0.1, -0.05) is 72.8 Å². The lowest BCUT2D eigenvalue weighted by molar-refractivity contribution is 0.0728. The minimum atomic E-state index is -0.0798. The molecule has 2 aliphatic rings. The topological polar surface area (TPSA) is 26.8 Å². The van der Waals surface area contributed by atoms with Gasteiger partial charge in [0.15, 0.2) is 0 Å². The van der Waals surface area contributed by atoms with Gasteiger partial charge >= 0.3 is 6.03 Å². The van der Waals surface area contributed by atoms with E-state index in [1.165, 1.54) is 5.56 Å². The molecule has 0 N–H and O–H groups in total. The minimum absolute atomic E-state index is 0.0637. The summed E-state index contributed by atoms with van der Waals surface area (Å²) < 4.78 is 0. The quantitative estimate of drug-likeness (QED) is 0.667. The molecule has 0 unspecified atom stereocenters. The monoisotopic (exact) mass is 355 g/mol. The molecule has 2 fully saturated rings. The smallest absolute Gasteiger partial charge is 0.271 e. The van der Waals surface area contributed by atoms with Crippen LogP contribution in [0.15, 0.2) is 84.9 Å². The average molecular weight is 355 g/mol. The van der Waals surface area contributed by atoms with Crippen LogP contribution in [0.3, 0.4) is 0 Å². The molecular weight excluding hydrogens is 334 g/mol. The Kier molecular flexibility index (Phi) is 3.91. The van der Waals surface area contributed by atoms with Gasteiger partial charge in [-0.2, -0.15) is 5.01 Å². The van der Waals surface area contributed by atoms with Crippen LogP contribution in [-0.2, 0) is 0 Å². The first-order chi connectivity index (χ1) is 13.3. The summed E-state index contributed by atoms with van der Waals surface area (Å²) in [6.07, 6.45) is 0.944. The number of carbonyl (C=O) groups is 1. The van der Waals surface area contributed by atoms with Crippen LogP contribution in [0.25, 0.3) is 11.1 Å². The Labute approximate surface area is 159 Å². The second-order valence-corrected chi connectivity index (χ2v) is 6.99. The standard InChI is InChI=1S/C23H21N3O/c27-23-25-17-7-16-24(25)22(20-10-5-2-6-11-20)26(23)21-14-12-19(13-15-21)18-8-3-1-4-9-18/h1-6,8-15,22H,7,16-17H2/t22-/m0/s1. The third-order valence-electron chi connectivity index (χ3n) is 5.37. The summed E-state index contributed by atoms with van der Waals surface area (Å²) in [5.74, 6) is 0. The lowest BCUT2D eigenvalue weighted by atomic mass is 10.0. The van der Waals surface area contributed by atoms with Gasteiger partial charge in [0, 0.05) is 18.8 Å². The van der Waals surface area contributed by atoms with Crippen molar-refractivity contribution in [2.75, 3.05) is 18.0 Å². The highest BCUT2D eigenvalue weighted by Crippen LogP contribution is 2.40. The Bertz CT molecular complexity index is 940. The maximum Gasteiger partial charge on any atom is 0.340 e. The third-order valence-corrected chi connectivity index (χ3v) is 5.37. The summed E-state index contributed by atoms with van der Waals surface area (Å²) in [5.41, 5.74) is 4.41. The number of fused-ring (bicyclic) bond motifs is 1. The molecule has 2 amide bonds. The first-order valence-electron chi connectivity index (χ1n) is 9.41. The number of urea groups is 1. The Morgan fingerprint density at radius 3 is 2.04 bits per heavy atom. The molecule has 2 heterocycles. The molecule has 0 aromatic heterocycles. The lowest BCUT2D eigenvalue weighted by Crippen LogP contribution is -2.32. The van der Waals surface area contributed by atoms with Crippen LogP contribution in [-0.4, -0.2) is 29.1 Å². The van der Waals surface area contributed by atoms with Gasteiger partial charge in [0.25, 0.3) is 0 Å². The van der Waals surface area contributed by atoms with E-state index in [0.717, 1.165) is 36.3 Å². The van der Waals surface area contributed by atoms with Gasteiger partial charge in [-0.05, 0) is 35.2 Å². The van der Waals surface area contributed by atoms with E-state index in [2.05, 4.69) is 53.5 Å². The zero-order chi connectivity index (χ0) is 18.2. The second kappa shape index (κ2) is 6.56. The maximum atomic E-state index is 13.1. The molecule has 3 aromatic rings. The van der Waals surface area contributed by atoms with E-state index in [1.54, 1.807) is 0 Å². The number of nitrogens with zero attached hydrogens (tertiary/aromatic N) is 3. The summed E-state index contributed by atoms with van der Waals surface area (Å²) in [6.45, 7) is 1.70. The van der Waals surface area contributed by atoms with Crippen molar-refractivity contribution in [1.29, 1.82) is 0 Å². The number of hydrogen-bond donors (Lipinski definition) is 0. The predicted molar refractivity (Wildman–Crippen MR) is 107 cm³/mol. The summed E-state index contributed by atoms with van der Waals surface area (Å²) in [6, 6.07) is 29.0. The summed E-state index contributed by atoms with van der Waals surface area (Å²) in [4.78, 5) is 15.1. The van der Waals surface area contributed by atoms with Gasteiger partial charge in [-0.3, -0.25) is 9.91 Å². The van der Waals surface area contributed by atoms with E-state index < -0.39 is 0 Å². The molecule has 0 saturated carbocycles. The van der Waals surface area contributed by atoms with Gasteiger partial charge in [-0.15, -0.1) is 0 Å².